The maximum Gasteiger partial charge on any atom is 0.157 e. The Balaban J connectivity index is 1.66. The van der Waals surface area contributed by atoms with E-state index in [9.17, 15) is 0 Å². The van der Waals surface area contributed by atoms with Crippen LogP contribution in [0.5, 0.6) is 0 Å². The zero-order chi connectivity index (χ0) is 14.2. The minimum absolute atomic E-state index is 0.400. The van der Waals surface area contributed by atoms with Gasteiger partial charge >= 0.3 is 0 Å². The van der Waals surface area contributed by atoms with Gasteiger partial charge in [0.25, 0.3) is 0 Å². The van der Waals surface area contributed by atoms with Gasteiger partial charge in [-0.2, -0.15) is 0 Å². The molecule has 2 rings (SSSR count). The molecule has 1 heterocycles. The van der Waals surface area contributed by atoms with E-state index in [-0.39, 0.29) is 0 Å². The number of thioether (sulfide) groups is 1. The number of amidine groups is 1. The number of nitrogens with one attached hydrogen (secondary N) is 1. The molecule has 110 valence electrons. The second-order valence-corrected chi connectivity index (χ2v) is 6.44. The Morgan fingerprint density at radius 2 is 2.15 bits per heavy atom. The molecule has 1 aliphatic rings. The average molecular weight is 292 g/mol. The van der Waals surface area contributed by atoms with Gasteiger partial charge in [-0.05, 0) is 17.9 Å². The third-order valence-electron chi connectivity index (χ3n) is 3.04. The van der Waals surface area contributed by atoms with E-state index in [2.05, 4.69) is 54.5 Å². The van der Waals surface area contributed by atoms with E-state index in [1.54, 1.807) is 0 Å². The van der Waals surface area contributed by atoms with Crippen LogP contribution in [0.2, 0.25) is 0 Å². The fourth-order valence-electron chi connectivity index (χ4n) is 2.02. The fraction of sp³-hybridized carbons (Fsp3) is 0.562. The quantitative estimate of drug-likeness (QED) is 0.781. The van der Waals surface area contributed by atoms with Crippen molar-refractivity contribution in [1.29, 1.82) is 0 Å². The Bertz CT molecular complexity index is 420. The molecule has 0 amide bonds. The van der Waals surface area contributed by atoms with Crippen LogP contribution < -0.4 is 5.32 Å². The molecule has 0 radical (unpaired) electrons. The first kappa shape index (κ1) is 15.4. The van der Waals surface area contributed by atoms with Crippen molar-refractivity contribution in [3.05, 3.63) is 35.9 Å². The highest BCUT2D eigenvalue weighted by Crippen LogP contribution is 2.25. The predicted octanol–water partition coefficient (Wildman–Crippen LogP) is 3.48. The molecule has 1 fully saturated rings. The Morgan fingerprint density at radius 1 is 1.35 bits per heavy atom. The van der Waals surface area contributed by atoms with Crippen molar-refractivity contribution >= 4 is 16.9 Å². The monoisotopic (exact) mass is 292 g/mol. The lowest BCUT2D eigenvalue weighted by atomic mass is 10.1. The van der Waals surface area contributed by atoms with Crippen molar-refractivity contribution in [1.82, 2.24) is 5.32 Å². The lowest BCUT2D eigenvalue weighted by Crippen LogP contribution is -2.19. The fourth-order valence-corrected chi connectivity index (χ4v) is 3.03. The number of benzene rings is 1. The second-order valence-electron chi connectivity index (χ2n) is 5.43. The Labute approximate surface area is 126 Å². The van der Waals surface area contributed by atoms with Crippen LogP contribution >= 0.6 is 11.8 Å². The topological polar surface area (TPSA) is 33.6 Å². The number of nitrogens with zero attached hydrogens (tertiary/aromatic N) is 1. The number of aliphatic imine (C=N–C) groups is 1. The summed E-state index contributed by atoms with van der Waals surface area (Å²) in [6, 6.07) is 11.0. The molecular weight excluding hydrogens is 268 g/mol. The van der Waals surface area contributed by atoms with Gasteiger partial charge in [-0.15, -0.1) is 0 Å². The lowest BCUT2D eigenvalue weighted by molar-refractivity contribution is 0.109. The first-order valence-electron chi connectivity index (χ1n) is 7.32. The Kier molecular flexibility index (Phi) is 6.40. The van der Waals surface area contributed by atoms with Gasteiger partial charge in [0.1, 0.15) is 0 Å². The van der Waals surface area contributed by atoms with Gasteiger partial charge in [-0.1, -0.05) is 55.9 Å². The van der Waals surface area contributed by atoms with Gasteiger partial charge in [-0.3, -0.25) is 4.99 Å². The highest BCUT2D eigenvalue weighted by atomic mass is 32.2. The minimum atomic E-state index is 0.400. The summed E-state index contributed by atoms with van der Waals surface area (Å²) < 4.78 is 5.55. The summed E-state index contributed by atoms with van der Waals surface area (Å²) in [6.45, 7) is 6.84. The molecule has 0 aromatic heterocycles. The molecule has 0 saturated carbocycles. The van der Waals surface area contributed by atoms with E-state index in [1.807, 2.05) is 11.8 Å². The number of ether oxygens (including phenoxy) is 1. The van der Waals surface area contributed by atoms with Crippen LogP contribution in [0.25, 0.3) is 0 Å². The van der Waals surface area contributed by atoms with Crippen LogP contribution in [0.3, 0.4) is 0 Å². The summed E-state index contributed by atoms with van der Waals surface area (Å²) in [5.74, 6) is 1.67. The number of hydrogen-bond acceptors (Lipinski definition) is 3. The molecular formula is C16H24N2OS. The van der Waals surface area contributed by atoms with Crippen molar-refractivity contribution in [2.45, 2.75) is 26.3 Å². The lowest BCUT2D eigenvalue weighted by Gasteiger charge is -2.09. The standard InChI is InChI=1S/C16H24N2OS/c1-13(2)11-19-10-6-9-17-16-18-15(12-20-16)14-7-4-3-5-8-14/h3-5,7-8,13,15H,6,9-12H2,1-2H3,(H,17,18). The number of rotatable bonds is 7. The van der Waals surface area contributed by atoms with Crippen LogP contribution in [0.1, 0.15) is 31.9 Å². The van der Waals surface area contributed by atoms with E-state index in [0.29, 0.717) is 12.0 Å². The summed E-state index contributed by atoms with van der Waals surface area (Å²) in [4.78, 5) is 4.60. The van der Waals surface area contributed by atoms with E-state index in [1.165, 1.54) is 5.56 Å². The van der Waals surface area contributed by atoms with Gasteiger partial charge in [0, 0.05) is 25.5 Å². The summed E-state index contributed by atoms with van der Waals surface area (Å²) in [6.07, 6.45) is 0.995. The maximum absolute atomic E-state index is 5.55. The zero-order valence-electron chi connectivity index (χ0n) is 12.3. The van der Waals surface area contributed by atoms with E-state index in [4.69, 9.17) is 4.74 Å². The van der Waals surface area contributed by atoms with E-state index < -0.39 is 0 Å². The molecule has 3 nitrogen and oxygen atoms in total. The molecule has 0 aliphatic carbocycles. The van der Waals surface area contributed by atoms with Gasteiger partial charge in [0.05, 0.1) is 6.04 Å². The highest BCUT2D eigenvalue weighted by molar-refractivity contribution is 8.14. The van der Waals surface area contributed by atoms with Crippen LogP contribution in [0.15, 0.2) is 35.3 Å². The third-order valence-corrected chi connectivity index (χ3v) is 4.06. The van der Waals surface area contributed by atoms with Crippen molar-refractivity contribution in [3.63, 3.8) is 0 Å². The van der Waals surface area contributed by atoms with Gasteiger partial charge in [0.15, 0.2) is 5.17 Å². The second kappa shape index (κ2) is 8.32. The van der Waals surface area contributed by atoms with Crippen molar-refractivity contribution in [2.24, 2.45) is 10.9 Å². The van der Waals surface area contributed by atoms with E-state index in [0.717, 1.165) is 37.1 Å². The molecule has 0 spiro atoms. The van der Waals surface area contributed by atoms with Crippen molar-refractivity contribution in [2.75, 3.05) is 25.5 Å². The average Bonchev–Trinajstić information content (AvgIpc) is 2.92. The van der Waals surface area contributed by atoms with E-state index >= 15 is 0 Å². The zero-order valence-corrected chi connectivity index (χ0v) is 13.2. The summed E-state index contributed by atoms with van der Waals surface area (Å²) in [5, 5.41) is 4.56. The summed E-state index contributed by atoms with van der Waals surface area (Å²) >= 11 is 1.81. The highest BCUT2D eigenvalue weighted by Gasteiger charge is 2.21. The Hall–Kier alpha value is -1.00. The largest absolute Gasteiger partial charge is 0.381 e. The summed E-state index contributed by atoms with van der Waals surface area (Å²) in [5.41, 5.74) is 1.34. The van der Waals surface area contributed by atoms with Crippen LogP contribution in [-0.4, -0.2) is 30.7 Å². The third kappa shape index (κ3) is 5.17. The normalized spacial score (nSPS) is 20.6. The molecule has 0 bridgehead atoms. The van der Waals surface area contributed by atoms with Gasteiger partial charge in [-0.25, -0.2) is 0 Å². The molecule has 1 aliphatic heterocycles. The predicted molar refractivity (Wildman–Crippen MR) is 87.4 cm³/mol. The van der Waals surface area contributed by atoms with Gasteiger partial charge in [0.2, 0.25) is 0 Å². The molecule has 1 aromatic rings. The first-order valence-corrected chi connectivity index (χ1v) is 8.30. The molecule has 20 heavy (non-hydrogen) atoms. The molecule has 1 N–H and O–H groups in total. The molecule has 1 atom stereocenters. The van der Waals surface area contributed by atoms with Crippen LogP contribution in [0, 0.1) is 5.92 Å². The van der Waals surface area contributed by atoms with Crippen molar-refractivity contribution < 1.29 is 4.74 Å². The SMILES string of the molecule is CC(C)COCCCN=C1NC(c2ccccc2)CS1. The molecule has 1 saturated heterocycles. The van der Waals surface area contributed by atoms with Crippen LogP contribution in [-0.2, 0) is 4.74 Å². The summed E-state index contributed by atoms with van der Waals surface area (Å²) in [7, 11) is 0. The van der Waals surface area contributed by atoms with Crippen molar-refractivity contribution in [3.8, 4) is 0 Å². The molecule has 4 heteroatoms. The minimum Gasteiger partial charge on any atom is -0.381 e. The smallest absolute Gasteiger partial charge is 0.157 e. The maximum atomic E-state index is 5.55. The first-order chi connectivity index (χ1) is 9.75. The van der Waals surface area contributed by atoms with Gasteiger partial charge < -0.3 is 10.1 Å². The van der Waals surface area contributed by atoms with Crippen LogP contribution in [0.4, 0.5) is 0 Å². The number of hydrogen-bond donors (Lipinski definition) is 1. The molecule has 1 aromatic carbocycles. The Morgan fingerprint density at radius 3 is 2.90 bits per heavy atom. The molecule has 1 unspecified atom stereocenters.